The fourth-order valence-electron chi connectivity index (χ4n) is 5.14. The zero-order valence-corrected chi connectivity index (χ0v) is 19.2. The minimum absolute atomic E-state index is 0.0700. The van der Waals surface area contributed by atoms with Gasteiger partial charge < -0.3 is 9.80 Å². The van der Waals surface area contributed by atoms with Crippen LogP contribution in [-0.4, -0.2) is 51.4 Å². The van der Waals surface area contributed by atoms with Gasteiger partial charge in [-0.15, -0.1) is 0 Å². The number of aryl methyl sites for hydroxylation is 1. The maximum atomic E-state index is 15.3. The molecular weight excluding hydrogens is 448 g/mol. The van der Waals surface area contributed by atoms with Gasteiger partial charge in [0.15, 0.2) is 0 Å². The highest BCUT2D eigenvalue weighted by Crippen LogP contribution is 2.37. The molecule has 2 aromatic heterocycles. The van der Waals surface area contributed by atoms with E-state index in [2.05, 4.69) is 19.9 Å². The summed E-state index contributed by atoms with van der Waals surface area (Å²) in [6.45, 7) is 3.54. The van der Waals surface area contributed by atoms with Crippen LogP contribution in [0.2, 0.25) is 0 Å². The summed E-state index contributed by atoms with van der Waals surface area (Å²) in [7, 11) is 0. The van der Waals surface area contributed by atoms with Gasteiger partial charge in [-0.2, -0.15) is 0 Å². The van der Waals surface area contributed by atoms with Gasteiger partial charge in [0.2, 0.25) is 0 Å². The lowest BCUT2D eigenvalue weighted by Gasteiger charge is -2.54. The average Bonchev–Trinajstić information content (AvgIpc) is 2.86. The van der Waals surface area contributed by atoms with Gasteiger partial charge in [0, 0.05) is 43.4 Å². The Morgan fingerprint density at radius 3 is 2.74 bits per heavy atom. The number of rotatable bonds is 3. The molecule has 4 aromatic rings. The third-order valence-corrected chi connectivity index (χ3v) is 7.12. The van der Waals surface area contributed by atoms with Crippen molar-refractivity contribution in [1.82, 2.24) is 19.9 Å². The van der Waals surface area contributed by atoms with E-state index in [1.165, 1.54) is 12.1 Å². The van der Waals surface area contributed by atoms with Crippen LogP contribution in [0.1, 0.15) is 22.3 Å². The molecule has 6 rings (SSSR count). The number of benzene rings is 2. The second kappa shape index (κ2) is 8.37. The summed E-state index contributed by atoms with van der Waals surface area (Å²) in [6, 6.07) is 13.3. The molecule has 2 saturated heterocycles. The van der Waals surface area contributed by atoms with Gasteiger partial charge >= 0.3 is 0 Å². The van der Waals surface area contributed by atoms with Crippen molar-refractivity contribution in [3.05, 3.63) is 83.7 Å². The van der Waals surface area contributed by atoms with Crippen molar-refractivity contribution >= 4 is 22.8 Å². The number of anilines is 1. The van der Waals surface area contributed by atoms with Crippen molar-refractivity contribution < 1.29 is 13.6 Å². The fourth-order valence-corrected chi connectivity index (χ4v) is 5.14. The van der Waals surface area contributed by atoms with Crippen LogP contribution in [-0.2, 0) is 0 Å². The topological polar surface area (TPSA) is 62.2 Å². The summed E-state index contributed by atoms with van der Waals surface area (Å²) < 4.78 is 28.8. The maximum absolute atomic E-state index is 15.3. The summed E-state index contributed by atoms with van der Waals surface area (Å²) in [5.41, 5.74) is 2.69. The van der Waals surface area contributed by atoms with Crippen molar-refractivity contribution in [2.75, 3.05) is 24.5 Å². The normalized spacial score (nSPS) is 19.4. The Labute approximate surface area is 201 Å². The maximum Gasteiger partial charge on any atom is 0.257 e. The highest BCUT2D eigenvalue weighted by atomic mass is 19.1. The van der Waals surface area contributed by atoms with Gasteiger partial charge in [0.05, 0.1) is 34.5 Å². The minimum atomic E-state index is -0.502. The molecule has 2 atom stereocenters. The Kier molecular flexibility index (Phi) is 5.16. The van der Waals surface area contributed by atoms with Gasteiger partial charge in [-0.1, -0.05) is 18.2 Å². The lowest BCUT2D eigenvalue weighted by atomic mass is 9.82. The van der Waals surface area contributed by atoms with Crippen LogP contribution in [0.15, 0.2) is 60.9 Å². The second-order valence-electron chi connectivity index (χ2n) is 9.21. The van der Waals surface area contributed by atoms with Crippen LogP contribution < -0.4 is 4.90 Å². The van der Waals surface area contributed by atoms with Crippen LogP contribution in [0.3, 0.4) is 0 Å². The average molecular weight is 472 g/mol. The Balaban J connectivity index is 1.28. The van der Waals surface area contributed by atoms with E-state index in [-0.39, 0.29) is 23.3 Å². The summed E-state index contributed by atoms with van der Waals surface area (Å²) >= 11 is 0. The largest absolute Gasteiger partial charge is 0.350 e. The first-order valence-electron chi connectivity index (χ1n) is 11.7. The van der Waals surface area contributed by atoms with Crippen molar-refractivity contribution in [3.8, 4) is 11.3 Å². The molecule has 0 radical (unpaired) electrons. The van der Waals surface area contributed by atoms with E-state index >= 15 is 4.39 Å². The number of fused-ring (bicyclic) bond motifs is 2. The molecule has 1 amide bonds. The first-order chi connectivity index (χ1) is 17.0. The number of hydrogen-bond donors (Lipinski definition) is 0. The second-order valence-corrected chi connectivity index (χ2v) is 9.21. The van der Waals surface area contributed by atoms with Gasteiger partial charge in [-0.25, -0.2) is 13.8 Å². The van der Waals surface area contributed by atoms with E-state index in [9.17, 15) is 9.18 Å². The van der Waals surface area contributed by atoms with Crippen LogP contribution in [0.25, 0.3) is 22.3 Å². The third-order valence-electron chi connectivity index (χ3n) is 7.12. The van der Waals surface area contributed by atoms with Crippen molar-refractivity contribution in [1.29, 1.82) is 0 Å². The molecule has 0 saturated carbocycles. The number of carbonyl (C=O) groups is 1. The number of carbonyl (C=O) groups excluding carboxylic acids is 1. The smallest absolute Gasteiger partial charge is 0.257 e. The molecule has 35 heavy (non-hydrogen) atoms. The molecule has 6 nitrogen and oxygen atoms in total. The van der Waals surface area contributed by atoms with Gasteiger partial charge in [0.1, 0.15) is 17.5 Å². The number of nitrogens with zero attached hydrogens (tertiary/aromatic N) is 5. The molecule has 0 N–H and O–H groups in total. The number of hydrogen-bond acceptors (Lipinski definition) is 5. The highest BCUT2D eigenvalue weighted by Gasteiger charge is 2.45. The van der Waals surface area contributed by atoms with E-state index in [1.807, 2.05) is 6.07 Å². The monoisotopic (exact) mass is 471 g/mol. The first kappa shape index (κ1) is 21.6. The van der Waals surface area contributed by atoms with E-state index in [1.54, 1.807) is 54.5 Å². The molecule has 0 unspecified atom stereocenters. The standard InChI is InChI=1S/C27H23F2N5O/c1-16-5-7-19(20-4-2-3-10-30-20)25(26(16)29)27(35)33-11-9-17-14-34(23(17)15-33)24-13-31-22-12-18(28)6-8-21(22)32-24/h2-8,10,12-13,17,23H,9,11,14-15H2,1H3/t17-,23-/m0/s1. The summed E-state index contributed by atoms with van der Waals surface area (Å²) in [5.74, 6) is -0.0352. The molecular formula is C27H23F2N5O. The summed E-state index contributed by atoms with van der Waals surface area (Å²) in [6.07, 6.45) is 4.13. The summed E-state index contributed by atoms with van der Waals surface area (Å²) in [4.78, 5) is 30.9. The number of likely N-dealkylation sites (tertiary alicyclic amines) is 1. The zero-order valence-electron chi connectivity index (χ0n) is 19.2. The van der Waals surface area contributed by atoms with E-state index in [0.29, 0.717) is 52.7 Å². The molecule has 8 heteroatoms. The molecule has 4 heterocycles. The van der Waals surface area contributed by atoms with E-state index < -0.39 is 5.82 Å². The molecule has 2 aliphatic rings. The number of piperidine rings is 1. The molecule has 2 aliphatic heterocycles. The number of amides is 1. The van der Waals surface area contributed by atoms with Gasteiger partial charge in [-0.05, 0) is 43.2 Å². The van der Waals surface area contributed by atoms with Crippen LogP contribution in [0.5, 0.6) is 0 Å². The van der Waals surface area contributed by atoms with E-state index in [0.717, 1.165) is 13.0 Å². The minimum Gasteiger partial charge on any atom is -0.350 e. The van der Waals surface area contributed by atoms with Gasteiger partial charge in [-0.3, -0.25) is 14.8 Å². The van der Waals surface area contributed by atoms with E-state index in [4.69, 9.17) is 0 Å². The molecule has 0 aliphatic carbocycles. The van der Waals surface area contributed by atoms with Crippen LogP contribution in [0.4, 0.5) is 14.6 Å². The van der Waals surface area contributed by atoms with Crippen LogP contribution in [0, 0.1) is 24.5 Å². The predicted octanol–water partition coefficient (Wildman–Crippen LogP) is 4.63. The first-order valence-corrected chi connectivity index (χ1v) is 11.7. The number of halogens is 2. The van der Waals surface area contributed by atoms with Crippen molar-refractivity contribution in [3.63, 3.8) is 0 Å². The predicted molar refractivity (Wildman–Crippen MR) is 129 cm³/mol. The van der Waals surface area contributed by atoms with Crippen molar-refractivity contribution in [2.45, 2.75) is 19.4 Å². The lowest BCUT2D eigenvalue weighted by Crippen LogP contribution is -2.65. The quantitative estimate of drug-likeness (QED) is 0.436. The third kappa shape index (κ3) is 3.69. The van der Waals surface area contributed by atoms with Crippen LogP contribution >= 0.6 is 0 Å². The summed E-state index contributed by atoms with van der Waals surface area (Å²) in [5, 5.41) is 0. The Bertz CT molecular complexity index is 1440. The van der Waals surface area contributed by atoms with Crippen molar-refractivity contribution in [2.24, 2.45) is 5.92 Å². The Morgan fingerprint density at radius 1 is 1.03 bits per heavy atom. The molecule has 0 spiro atoms. The fraction of sp³-hybridized carbons (Fsp3) is 0.259. The molecule has 2 aromatic carbocycles. The highest BCUT2D eigenvalue weighted by molar-refractivity contribution is 6.01. The molecule has 2 fully saturated rings. The molecule has 176 valence electrons. The SMILES string of the molecule is Cc1ccc(-c2ccccn2)c(C(=O)N2CC[C@H]3CN(c4cnc5cc(F)ccc5n4)[C@H]3C2)c1F. The zero-order chi connectivity index (χ0) is 24.1. The Morgan fingerprint density at radius 2 is 1.91 bits per heavy atom. The number of aromatic nitrogens is 3. The Hall–Kier alpha value is -3.94. The van der Waals surface area contributed by atoms with Gasteiger partial charge in [0.25, 0.3) is 5.91 Å². The number of pyridine rings is 1. The lowest BCUT2D eigenvalue weighted by molar-refractivity contribution is 0.0587. The molecule has 0 bridgehead atoms.